The van der Waals surface area contributed by atoms with Gasteiger partial charge in [0.05, 0.1) is 11.5 Å². The van der Waals surface area contributed by atoms with Gasteiger partial charge in [0.15, 0.2) is 0 Å². The number of hydrogen-bond donors (Lipinski definition) is 1. The monoisotopic (exact) mass is 314 g/mol. The molecule has 1 N–H and O–H groups in total. The summed E-state index contributed by atoms with van der Waals surface area (Å²) in [4.78, 5) is 23.5. The van der Waals surface area contributed by atoms with E-state index in [1.165, 1.54) is 0 Å². The molecule has 1 heterocycles. The average molecular weight is 315 g/mol. The first-order valence-electron chi connectivity index (χ1n) is 5.46. The first-order chi connectivity index (χ1) is 8.46. The Morgan fingerprint density at radius 2 is 2.06 bits per heavy atom. The summed E-state index contributed by atoms with van der Waals surface area (Å²) < 4.78 is 25.3. The molecule has 0 saturated carbocycles. The van der Waals surface area contributed by atoms with Crippen molar-refractivity contribution in [2.24, 2.45) is 0 Å². The van der Waals surface area contributed by atoms with Crippen molar-refractivity contribution in [1.29, 1.82) is 0 Å². The number of sulfonamides is 1. The molecule has 0 aliphatic carbocycles. The van der Waals surface area contributed by atoms with Crippen molar-refractivity contribution in [3.05, 3.63) is 0 Å². The van der Waals surface area contributed by atoms with Gasteiger partial charge in [-0.3, -0.25) is 14.5 Å². The van der Waals surface area contributed by atoms with Gasteiger partial charge >= 0.3 is 0 Å². The molecule has 6 nitrogen and oxygen atoms in total. The molecule has 1 aliphatic rings. The number of unbranched alkanes of at least 4 members (excludes halogenated alkanes) is 1. The van der Waals surface area contributed by atoms with Gasteiger partial charge in [-0.15, -0.1) is 11.6 Å². The molecular formula is C9H15ClN2O4S2. The molecule has 0 aromatic heterocycles. The molecule has 1 fully saturated rings. The van der Waals surface area contributed by atoms with E-state index in [2.05, 4.69) is 4.72 Å². The third-order valence-corrected chi connectivity index (χ3v) is 4.89. The normalized spacial score (nSPS) is 16.6. The van der Waals surface area contributed by atoms with E-state index < -0.39 is 10.0 Å². The molecule has 104 valence electrons. The summed E-state index contributed by atoms with van der Waals surface area (Å²) in [5.41, 5.74) is 0. The number of alkyl halides is 1. The maximum atomic E-state index is 11.5. The lowest BCUT2D eigenvalue weighted by Gasteiger charge is -2.13. The van der Waals surface area contributed by atoms with Gasteiger partial charge in [0.25, 0.3) is 5.24 Å². The zero-order valence-corrected chi connectivity index (χ0v) is 12.1. The Kier molecular flexibility index (Phi) is 6.40. The van der Waals surface area contributed by atoms with Crippen LogP contribution in [-0.2, 0) is 14.8 Å². The number of thioether (sulfide) groups is 1. The van der Waals surface area contributed by atoms with Crippen LogP contribution >= 0.6 is 23.4 Å². The minimum absolute atomic E-state index is 0.0103. The van der Waals surface area contributed by atoms with Crippen LogP contribution < -0.4 is 4.72 Å². The lowest BCUT2D eigenvalue weighted by molar-refractivity contribution is -0.124. The minimum Gasteiger partial charge on any atom is -0.273 e. The van der Waals surface area contributed by atoms with Gasteiger partial charge in [-0.2, -0.15) is 0 Å². The maximum Gasteiger partial charge on any atom is 0.288 e. The quantitative estimate of drug-likeness (QED) is 0.524. The van der Waals surface area contributed by atoms with E-state index >= 15 is 0 Å². The van der Waals surface area contributed by atoms with Crippen LogP contribution in [0, 0.1) is 0 Å². The highest BCUT2D eigenvalue weighted by molar-refractivity contribution is 8.14. The van der Waals surface area contributed by atoms with Crippen LogP contribution in [0.3, 0.4) is 0 Å². The largest absolute Gasteiger partial charge is 0.288 e. The van der Waals surface area contributed by atoms with E-state index in [-0.39, 0.29) is 35.7 Å². The summed E-state index contributed by atoms with van der Waals surface area (Å²) in [6, 6.07) is 0. The Balaban J connectivity index is 2.28. The number of halogens is 1. The second-order valence-corrected chi connectivity index (χ2v) is 6.94. The fourth-order valence-corrected chi connectivity index (χ4v) is 3.44. The maximum absolute atomic E-state index is 11.5. The molecule has 1 saturated heterocycles. The van der Waals surface area contributed by atoms with Crippen molar-refractivity contribution >= 4 is 44.5 Å². The van der Waals surface area contributed by atoms with Gasteiger partial charge in [0.2, 0.25) is 15.9 Å². The summed E-state index contributed by atoms with van der Waals surface area (Å²) in [5.74, 6) is 0.313. The van der Waals surface area contributed by atoms with Crippen molar-refractivity contribution in [3.63, 3.8) is 0 Å². The van der Waals surface area contributed by atoms with Crippen molar-refractivity contribution in [2.75, 3.05) is 30.5 Å². The predicted molar refractivity (Wildman–Crippen MR) is 71.3 cm³/mol. The van der Waals surface area contributed by atoms with Crippen LogP contribution in [-0.4, -0.2) is 54.9 Å². The predicted octanol–water partition coefficient (Wildman–Crippen LogP) is 0.620. The Morgan fingerprint density at radius 1 is 1.33 bits per heavy atom. The number of imide groups is 1. The van der Waals surface area contributed by atoms with Crippen molar-refractivity contribution in [1.82, 2.24) is 9.62 Å². The van der Waals surface area contributed by atoms with E-state index in [4.69, 9.17) is 11.6 Å². The fraction of sp³-hybridized carbons (Fsp3) is 0.778. The van der Waals surface area contributed by atoms with Crippen molar-refractivity contribution < 1.29 is 18.0 Å². The first kappa shape index (κ1) is 15.7. The lowest BCUT2D eigenvalue weighted by atomic mass is 10.4. The highest BCUT2D eigenvalue weighted by atomic mass is 35.5. The van der Waals surface area contributed by atoms with E-state index in [0.29, 0.717) is 18.7 Å². The zero-order chi connectivity index (χ0) is 13.6. The standard InChI is InChI=1S/C9H15ClN2O4S2/c10-3-1-2-6-18(15,16)11-4-5-12-8(13)7-17-9(12)14/h11H,1-7H2. The molecule has 0 bridgehead atoms. The summed E-state index contributed by atoms with van der Waals surface area (Å²) in [5, 5.41) is -0.318. The van der Waals surface area contributed by atoms with Crippen LogP contribution in [0.4, 0.5) is 4.79 Å². The van der Waals surface area contributed by atoms with Crippen molar-refractivity contribution in [2.45, 2.75) is 12.8 Å². The Hall–Kier alpha value is -0.310. The molecule has 0 spiro atoms. The topological polar surface area (TPSA) is 83.6 Å². The molecule has 1 aliphatic heterocycles. The van der Waals surface area contributed by atoms with Crippen LogP contribution in [0.15, 0.2) is 0 Å². The summed E-state index contributed by atoms with van der Waals surface area (Å²) in [6.07, 6.45) is 1.14. The van der Waals surface area contributed by atoms with Gasteiger partial charge in [0.1, 0.15) is 0 Å². The Morgan fingerprint density at radius 3 is 2.61 bits per heavy atom. The molecule has 2 amide bonds. The molecule has 0 aromatic carbocycles. The second kappa shape index (κ2) is 7.32. The number of amides is 2. The van der Waals surface area contributed by atoms with E-state index in [1.54, 1.807) is 0 Å². The molecule has 0 atom stereocenters. The minimum atomic E-state index is -3.35. The summed E-state index contributed by atoms with van der Waals surface area (Å²) >= 11 is 6.39. The number of nitrogens with zero attached hydrogens (tertiary/aromatic N) is 1. The van der Waals surface area contributed by atoms with E-state index in [1.807, 2.05) is 0 Å². The SMILES string of the molecule is O=C1CSC(=O)N1CCNS(=O)(=O)CCCCCl. The van der Waals surface area contributed by atoms with Crippen LogP contribution in [0.5, 0.6) is 0 Å². The first-order valence-corrected chi connectivity index (χ1v) is 8.64. The average Bonchev–Trinajstić information content (AvgIpc) is 2.60. The Labute approximate surface area is 115 Å². The zero-order valence-electron chi connectivity index (χ0n) is 9.72. The highest BCUT2D eigenvalue weighted by Gasteiger charge is 2.29. The fourth-order valence-electron chi connectivity index (χ4n) is 1.37. The number of nitrogens with one attached hydrogen (secondary N) is 1. The molecule has 0 unspecified atom stereocenters. The van der Waals surface area contributed by atoms with Crippen LogP contribution in [0.1, 0.15) is 12.8 Å². The molecule has 1 rings (SSSR count). The number of hydrogen-bond acceptors (Lipinski definition) is 5. The number of carbonyl (C=O) groups is 2. The van der Waals surface area contributed by atoms with Crippen LogP contribution in [0.25, 0.3) is 0 Å². The smallest absolute Gasteiger partial charge is 0.273 e. The van der Waals surface area contributed by atoms with Gasteiger partial charge in [0, 0.05) is 19.0 Å². The van der Waals surface area contributed by atoms with Crippen LogP contribution in [0.2, 0.25) is 0 Å². The molecule has 9 heteroatoms. The number of carbonyl (C=O) groups excluding carboxylic acids is 2. The van der Waals surface area contributed by atoms with Crippen molar-refractivity contribution in [3.8, 4) is 0 Å². The third-order valence-electron chi connectivity index (χ3n) is 2.29. The highest BCUT2D eigenvalue weighted by Crippen LogP contribution is 2.17. The van der Waals surface area contributed by atoms with Gasteiger partial charge in [-0.25, -0.2) is 13.1 Å². The summed E-state index contributed by atoms with van der Waals surface area (Å²) in [7, 11) is -3.35. The Bertz CT molecular complexity index is 397. The van der Waals surface area contributed by atoms with Gasteiger partial charge < -0.3 is 0 Å². The molecule has 0 aromatic rings. The molecule has 0 radical (unpaired) electrons. The number of rotatable bonds is 8. The van der Waals surface area contributed by atoms with Gasteiger partial charge in [-0.05, 0) is 12.8 Å². The van der Waals surface area contributed by atoms with Gasteiger partial charge in [-0.1, -0.05) is 11.8 Å². The summed E-state index contributed by atoms with van der Waals surface area (Å²) in [6.45, 7) is 0.140. The lowest BCUT2D eigenvalue weighted by Crippen LogP contribution is -2.38. The second-order valence-electron chi connectivity index (χ2n) is 3.71. The molecular weight excluding hydrogens is 300 g/mol. The molecule has 18 heavy (non-hydrogen) atoms. The third kappa shape index (κ3) is 5.13. The van der Waals surface area contributed by atoms with E-state index in [9.17, 15) is 18.0 Å². The van der Waals surface area contributed by atoms with E-state index in [0.717, 1.165) is 16.7 Å².